The van der Waals surface area contributed by atoms with Gasteiger partial charge in [0.05, 0.1) is 12.2 Å². The number of hydrogen-bond donors (Lipinski definition) is 2. The van der Waals surface area contributed by atoms with E-state index in [0.29, 0.717) is 36.6 Å². The van der Waals surface area contributed by atoms with Crippen molar-refractivity contribution in [3.8, 4) is 11.6 Å². The number of hydrogen-bond acceptors (Lipinski definition) is 5. The highest BCUT2D eigenvalue weighted by atomic mass is 127. The Kier molecular flexibility index (Phi) is 9.44. The van der Waals surface area contributed by atoms with Crippen LogP contribution in [0.15, 0.2) is 53.0 Å². The SMILES string of the molecule is CN=C(NCc1ccnc(Oc2ccc(F)cc2)c1)NCc1nc(C(C)C)cs1.I. The van der Waals surface area contributed by atoms with E-state index in [4.69, 9.17) is 4.74 Å². The highest BCUT2D eigenvalue weighted by Gasteiger charge is 2.07. The first-order valence-electron chi connectivity index (χ1n) is 9.30. The molecular weight excluding hydrogens is 516 g/mol. The average Bonchev–Trinajstić information content (AvgIpc) is 3.20. The predicted molar refractivity (Wildman–Crippen MR) is 129 cm³/mol. The number of halogens is 2. The van der Waals surface area contributed by atoms with E-state index in [0.717, 1.165) is 16.3 Å². The van der Waals surface area contributed by atoms with Crippen molar-refractivity contribution in [2.75, 3.05) is 7.05 Å². The van der Waals surface area contributed by atoms with Crippen molar-refractivity contribution in [1.29, 1.82) is 0 Å². The molecule has 160 valence electrons. The summed E-state index contributed by atoms with van der Waals surface area (Å²) in [5.41, 5.74) is 2.09. The maximum atomic E-state index is 13.0. The molecule has 0 aliphatic carbocycles. The number of benzene rings is 1. The molecule has 0 spiro atoms. The molecule has 0 atom stereocenters. The molecule has 0 radical (unpaired) electrons. The Morgan fingerprint density at radius 2 is 1.90 bits per heavy atom. The van der Waals surface area contributed by atoms with E-state index in [2.05, 4.69) is 44.8 Å². The Morgan fingerprint density at radius 1 is 1.17 bits per heavy atom. The van der Waals surface area contributed by atoms with Gasteiger partial charge in [-0.05, 0) is 41.8 Å². The molecular formula is C21H25FIN5OS. The van der Waals surface area contributed by atoms with Crippen LogP contribution in [0.4, 0.5) is 4.39 Å². The molecule has 0 bridgehead atoms. The Morgan fingerprint density at radius 3 is 2.57 bits per heavy atom. The fraction of sp³-hybridized carbons (Fsp3) is 0.286. The van der Waals surface area contributed by atoms with E-state index in [9.17, 15) is 4.39 Å². The second kappa shape index (κ2) is 11.8. The molecule has 0 fully saturated rings. The van der Waals surface area contributed by atoms with Gasteiger partial charge in [0.1, 0.15) is 16.6 Å². The fourth-order valence-corrected chi connectivity index (χ4v) is 3.37. The zero-order valence-electron chi connectivity index (χ0n) is 17.1. The quantitative estimate of drug-likeness (QED) is 0.248. The highest BCUT2D eigenvalue weighted by molar-refractivity contribution is 14.0. The van der Waals surface area contributed by atoms with Gasteiger partial charge in [0, 0.05) is 31.2 Å². The molecule has 0 saturated carbocycles. The van der Waals surface area contributed by atoms with Crippen molar-refractivity contribution >= 4 is 41.3 Å². The summed E-state index contributed by atoms with van der Waals surface area (Å²) in [4.78, 5) is 13.1. The number of nitrogens with one attached hydrogen (secondary N) is 2. The maximum Gasteiger partial charge on any atom is 0.219 e. The number of pyridine rings is 1. The molecule has 0 unspecified atom stereocenters. The third-order valence-electron chi connectivity index (χ3n) is 4.09. The van der Waals surface area contributed by atoms with Gasteiger partial charge in [-0.2, -0.15) is 0 Å². The Balaban J connectivity index is 0.00000320. The van der Waals surface area contributed by atoms with E-state index >= 15 is 0 Å². The van der Waals surface area contributed by atoms with Crippen molar-refractivity contribution in [3.63, 3.8) is 0 Å². The zero-order chi connectivity index (χ0) is 20.6. The number of ether oxygens (including phenoxy) is 1. The fourth-order valence-electron chi connectivity index (χ4n) is 2.48. The second-order valence-corrected chi connectivity index (χ2v) is 7.60. The summed E-state index contributed by atoms with van der Waals surface area (Å²) in [6.45, 7) is 5.44. The Hall–Kier alpha value is -2.27. The molecule has 9 heteroatoms. The van der Waals surface area contributed by atoms with Crippen LogP contribution in [-0.4, -0.2) is 23.0 Å². The molecule has 6 nitrogen and oxygen atoms in total. The summed E-state index contributed by atoms with van der Waals surface area (Å²) >= 11 is 1.64. The van der Waals surface area contributed by atoms with E-state index in [1.165, 1.54) is 12.1 Å². The maximum absolute atomic E-state index is 13.0. The molecule has 2 aromatic heterocycles. The molecule has 0 aliphatic heterocycles. The minimum atomic E-state index is -0.305. The zero-order valence-corrected chi connectivity index (χ0v) is 20.2. The second-order valence-electron chi connectivity index (χ2n) is 6.66. The first-order chi connectivity index (χ1) is 14.0. The van der Waals surface area contributed by atoms with Crippen molar-refractivity contribution < 1.29 is 9.13 Å². The number of nitrogens with zero attached hydrogens (tertiary/aromatic N) is 3. The molecule has 0 aliphatic rings. The number of thiazole rings is 1. The van der Waals surface area contributed by atoms with Crippen LogP contribution in [0.5, 0.6) is 11.6 Å². The van der Waals surface area contributed by atoms with Gasteiger partial charge in [-0.3, -0.25) is 4.99 Å². The number of aromatic nitrogens is 2. The first kappa shape index (κ1) is 24.0. The van der Waals surface area contributed by atoms with Crippen LogP contribution in [0.25, 0.3) is 0 Å². The van der Waals surface area contributed by atoms with Gasteiger partial charge in [-0.15, -0.1) is 35.3 Å². The Bertz CT molecular complexity index is 962. The van der Waals surface area contributed by atoms with E-state index in [1.54, 1.807) is 36.7 Å². The summed E-state index contributed by atoms with van der Waals surface area (Å²) in [7, 11) is 1.73. The van der Waals surface area contributed by atoms with Gasteiger partial charge in [0.15, 0.2) is 5.96 Å². The van der Waals surface area contributed by atoms with Crippen molar-refractivity contribution in [2.24, 2.45) is 4.99 Å². The lowest BCUT2D eigenvalue weighted by Crippen LogP contribution is -2.36. The number of aliphatic imine (C=N–C) groups is 1. The van der Waals surface area contributed by atoms with Gasteiger partial charge < -0.3 is 15.4 Å². The van der Waals surface area contributed by atoms with Gasteiger partial charge in [0.25, 0.3) is 0 Å². The lowest BCUT2D eigenvalue weighted by molar-refractivity contribution is 0.460. The molecule has 2 N–H and O–H groups in total. The molecule has 3 rings (SSSR count). The topological polar surface area (TPSA) is 71.4 Å². The summed E-state index contributed by atoms with van der Waals surface area (Å²) in [5, 5.41) is 9.66. The van der Waals surface area contributed by atoms with Crippen LogP contribution in [0.2, 0.25) is 0 Å². The highest BCUT2D eigenvalue weighted by Crippen LogP contribution is 2.20. The molecule has 1 aromatic carbocycles. The minimum Gasteiger partial charge on any atom is -0.439 e. The van der Waals surface area contributed by atoms with Crippen molar-refractivity contribution in [2.45, 2.75) is 32.9 Å². The molecule has 30 heavy (non-hydrogen) atoms. The van der Waals surface area contributed by atoms with Crippen LogP contribution in [0.1, 0.15) is 36.0 Å². The summed E-state index contributed by atoms with van der Waals surface area (Å²) < 4.78 is 18.7. The number of guanidine groups is 1. The van der Waals surface area contributed by atoms with Gasteiger partial charge in [0.2, 0.25) is 5.88 Å². The third kappa shape index (κ3) is 7.21. The third-order valence-corrected chi connectivity index (χ3v) is 4.95. The lowest BCUT2D eigenvalue weighted by atomic mass is 10.2. The summed E-state index contributed by atoms with van der Waals surface area (Å²) in [6.07, 6.45) is 1.68. The average molecular weight is 541 g/mol. The van der Waals surface area contributed by atoms with E-state index in [1.807, 2.05) is 12.1 Å². The van der Waals surface area contributed by atoms with Gasteiger partial charge in [-0.1, -0.05) is 13.8 Å². The van der Waals surface area contributed by atoms with E-state index < -0.39 is 0 Å². The normalized spacial score (nSPS) is 11.2. The van der Waals surface area contributed by atoms with Crippen molar-refractivity contribution in [3.05, 3.63) is 70.1 Å². The predicted octanol–water partition coefficient (Wildman–Crippen LogP) is 5.08. The summed E-state index contributed by atoms with van der Waals surface area (Å²) in [5.74, 6) is 1.79. The molecule has 2 heterocycles. The largest absolute Gasteiger partial charge is 0.439 e. The lowest BCUT2D eigenvalue weighted by Gasteiger charge is -2.12. The summed E-state index contributed by atoms with van der Waals surface area (Å²) in [6, 6.07) is 9.56. The standard InChI is InChI=1S/C21H24FN5OS.HI/c1-14(2)18-13-29-20(27-18)12-26-21(23-3)25-11-15-8-9-24-19(10-15)28-17-6-4-16(22)5-7-17;/h4-10,13-14H,11-12H2,1-3H3,(H2,23,25,26);1H. The first-order valence-corrected chi connectivity index (χ1v) is 10.2. The monoisotopic (exact) mass is 541 g/mol. The Labute approximate surface area is 197 Å². The van der Waals surface area contributed by atoms with E-state index in [-0.39, 0.29) is 29.8 Å². The smallest absolute Gasteiger partial charge is 0.219 e. The van der Waals surface area contributed by atoms with Gasteiger partial charge >= 0.3 is 0 Å². The number of rotatable bonds is 7. The molecule has 0 saturated heterocycles. The molecule has 0 amide bonds. The van der Waals surface area contributed by atoms with Crippen LogP contribution in [-0.2, 0) is 13.1 Å². The van der Waals surface area contributed by atoms with Crippen LogP contribution < -0.4 is 15.4 Å². The van der Waals surface area contributed by atoms with Crippen molar-refractivity contribution in [1.82, 2.24) is 20.6 Å². The van der Waals surface area contributed by atoms with Crippen LogP contribution >= 0.6 is 35.3 Å². The molecule has 3 aromatic rings. The van der Waals surface area contributed by atoms with Crippen LogP contribution in [0.3, 0.4) is 0 Å². The van der Waals surface area contributed by atoms with Gasteiger partial charge in [-0.25, -0.2) is 14.4 Å². The minimum absolute atomic E-state index is 0. The van der Waals surface area contributed by atoms with Crippen LogP contribution in [0, 0.1) is 5.82 Å².